The van der Waals surface area contributed by atoms with Gasteiger partial charge in [-0.05, 0) is 41.2 Å². The summed E-state index contributed by atoms with van der Waals surface area (Å²) in [5, 5.41) is 7.14. The molecule has 1 aromatic heterocycles. The molecule has 0 spiro atoms. The number of aromatic nitrogens is 1. The molecule has 2 aliphatic rings. The van der Waals surface area contributed by atoms with Crippen LogP contribution in [0, 0.1) is 5.92 Å². The van der Waals surface area contributed by atoms with Crippen molar-refractivity contribution in [3.8, 4) is 0 Å². The first kappa shape index (κ1) is 25.9. The molecule has 0 radical (unpaired) electrons. The summed E-state index contributed by atoms with van der Waals surface area (Å²) in [5.74, 6) is -0.729. The molecule has 2 aliphatic heterocycles. The molecule has 0 saturated heterocycles. The fourth-order valence-corrected chi connectivity index (χ4v) is 6.17. The van der Waals surface area contributed by atoms with E-state index in [1.165, 1.54) is 0 Å². The zero-order valence-corrected chi connectivity index (χ0v) is 22.8. The Balaban J connectivity index is 1.28. The number of aromatic amines is 1. The Bertz CT molecular complexity index is 1580. The summed E-state index contributed by atoms with van der Waals surface area (Å²) in [7, 11) is 0. The SMILES string of the molecule is CCC(C)C(NC(=O)C1Cc2c([nH]c3ccccc23)C2c3ccccc3C(=O)N12)C(=O)NCCc1ccccc1. The Labute approximate surface area is 234 Å². The van der Waals surface area contributed by atoms with Crippen LogP contribution in [0.1, 0.15) is 59.1 Å². The van der Waals surface area contributed by atoms with E-state index in [1.54, 1.807) is 4.90 Å². The Morgan fingerprint density at radius 3 is 2.52 bits per heavy atom. The van der Waals surface area contributed by atoms with Crippen molar-refractivity contribution in [2.24, 2.45) is 5.92 Å². The van der Waals surface area contributed by atoms with Crippen LogP contribution >= 0.6 is 0 Å². The van der Waals surface area contributed by atoms with Gasteiger partial charge in [-0.3, -0.25) is 14.4 Å². The van der Waals surface area contributed by atoms with E-state index in [0.29, 0.717) is 24.9 Å². The summed E-state index contributed by atoms with van der Waals surface area (Å²) < 4.78 is 0. The first-order valence-electron chi connectivity index (χ1n) is 14.1. The Morgan fingerprint density at radius 1 is 1.00 bits per heavy atom. The number of para-hydroxylation sites is 1. The van der Waals surface area contributed by atoms with Gasteiger partial charge in [0.25, 0.3) is 5.91 Å². The molecule has 0 fully saturated rings. The normalized spacial score (nSPS) is 18.9. The van der Waals surface area contributed by atoms with E-state index in [1.807, 2.05) is 86.6 Å². The minimum atomic E-state index is -0.736. The molecule has 204 valence electrons. The number of fused-ring (bicyclic) bond motifs is 7. The van der Waals surface area contributed by atoms with Gasteiger partial charge in [-0.15, -0.1) is 0 Å². The van der Waals surface area contributed by atoms with Crippen LogP contribution in [-0.2, 0) is 22.4 Å². The van der Waals surface area contributed by atoms with Gasteiger partial charge in [0.2, 0.25) is 11.8 Å². The molecule has 4 aromatic rings. The third-order valence-electron chi connectivity index (χ3n) is 8.50. The molecule has 3 amide bonds. The van der Waals surface area contributed by atoms with Crippen molar-refractivity contribution in [1.82, 2.24) is 20.5 Å². The van der Waals surface area contributed by atoms with Crippen molar-refractivity contribution in [1.29, 1.82) is 0 Å². The quantitative estimate of drug-likeness (QED) is 0.310. The number of H-pyrrole nitrogens is 1. The van der Waals surface area contributed by atoms with E-state index in [-0.39, 0.29) is 29.7 Å². The molecule has 7 nitrogen and oxygen atoms in total. The molecule has 3 aromatic carbocycles. The van der Waals surface area contributed by atoms with E-state index in [0.717, 1.165) is 39.7 Å². The van der Waals surface area contributed by atoms with Gasteiger partial charge in [-0.25, -0.2) is 0 Å². The van der Waals surface area contributed by atoms with Gasteiger partial charge >= 0.3 is 0 Å². The molecule has 0 aliphatic carbocycles. The van der Waals surface area contributed by atoms with Crippen LogP contribution in [0.15, 0.2) is 78.9 Å². The summed E-state index contributed by atoms with van der Waals surface area (Å²) in [6.45, 7) is 4.46. The number of hydrogen-bond acceptors (Lipinski definition) is 3. The molecule has 3 heterocycles. The topological polar surface area (TPSA) is 94.3 Å². The highest BCUT2D eigenvalue weighted by Crippen LogP contribution is 2.46. The Morgan fingerprint density at radius 2 is 1.73 bits per heavy atom. The molecular formula is C33H34N4O3. The van der Waals surface area contributed by atoms with Crippen molar-refractivity contribution in [2.45, 2.75) is 51.2 Å². The maximum atomic E-state index is 14.0. The minimum absolute atomic E-state index is 0.0739. The smallest absolute Gasteiger partial charge is 0.255 e. The maximum Gasteiger partial charge on any atom is 0.255 e. The second-order valence-corrected chi connectivity index (χ2v) is 10.9. The Kier molecular flexibility index (Phi) is 6.88. The van der Waals surface area contributed by atoms with Crippen LogP contribution < -0.4 is 10.6 Å². The predicted molar refractivity (Wildman–Crippen MR) is 155 cm³/mol. The zero-order valence-electron chi connectivity index (χ0n) is 22.8. The number of rotatable bonds is 8. The maximum absolute atomic E-state index is 14.0. The lowest BCUT2D eigenvalue weighted by atomic mass is 9.89. The van der Waals surface area contributed by atoms with Gasteiger partial charge < -0.3 is 20.5 Å². The highest BCUT2D eigenvalue weighted by atomic mass is 16.2. The van der Waals surface area contributed by atoms with Crippen LogP contribution in [0.2, 0.25) is 0 Å². The summed E-state index contributed by atoms with van der Waals surface area (Å²) in [5.41, 5.74) is 5.65. The third kappa shape index (κ3) is 4.45. The fraction of sp³-hybridized carbons (Fsp3) is 0.303. The fourth-order valence-electron chi connectivity index (χ4n) is 6.17. The number of carbonyl (C=O) groups is 3. The van der Waals surface area contributed by atoms with Crippen LogP contribution in [-0.4, -0.2) is 46.2 Å². The van der Waals surface area contributed by atoms with Crippen LogP contribution in [0.25, 0.3) is 10.9 Å². The van der Waals surface area contributed by atoms with Crippen molar-refractivity contribution in [3.05, 3.63) is 107 Å². The largest absolute Gasteiger partial charge is 0.356 e. The highest BCUT2D eigenvalue weighted by molar-refractivity contribution is 6.04. The van der Waals surface area contributed by atoms with Crippen molar-refractivity contribution in [2.75, 3.05) is 6.54 Å². The average molecular weight is 535 g/mol. The lowest BCUT2D eigenvalue weighted by Gasteiger charge is -2.38. The first-order chi connectivity index (χ1) is 19.5. The molecule has 0 saturated carbocycles. The monoisotopic (exact) mass is 534 g/mol. The van der Waals surface area contributed by atoms with E-state index >= 15 is 0 Å². The van der Waals surface area contributed by atoms with Crippen molar-refractivity contribution >= 4 is 28.6 Å². The van der Waals surface area contributed by atoms with Gasteiger partial charge in [0.1, 0.15) is 12.1 Å². The van der Waals surface area contributed by atoms with Crippen LogP contribution in [0.5, 0.6) is 0 Å². The average Bonchev–Trinajstić information content (AvgIpc) is 3.51. The first-order valence-corrected chi connectivity index (χ1v) is 14.1. The number of amides is 3. The minimum Gasteiger partial charge on any atom is -0.356 e. The van der Waals surface area contributed by atoms with Gasteiger partial charge in [0.05, 0.1) is 6.04 Å². The molecule has 4 unspecified atom stereocenters. The number of hydrogen-bond donors (Lipinski definition) is 3. The second kappa shape index (κ2) is 10.6. The predicted octanol–water partition coefficient (Wildman–Crippen LogP) is 4.53. The van der Waals surface area contributed by atoms with Crippen LogP contribution in [0.3, 0.4) is 0 Å². The molecule has 0 bridgehead atoms. The molecule has 7 heteroatoms. The van der Waals surface area contributed by atoms with Gasteiger partial charge in [-0.2, -0.15) is 0 Å². The van der Waals surface area contributed by atoms with Gasteiger partial charge in [-0.1, -0.05) is 87.0 Å². The van der Waals surface area contributed by atoms with E-state index in [4.69, 9.17) is 0 Å². The summed E-state index contributed by atoms with van der Waals surface area (Å²) in [6, 6.07) is 23.8. The van der Waals surface area contributed by atoms with E-state index in [9.17, 15) is 14.4 Å². The third-order valence-corrected chi connectivity index (χ3v) is 8.50. The van der Waals surface area contributed by atoms with Gasteiger partial charge in [0, 0.05) is 35.1 Å². The highest BCUT2D eigenvalue weighted by Gasteiger charge is 2.49. The zero-order chi connectivity index (χ0) is 27.8. The van der Waals surface area contributed by atoms with Gasteiger partial charge in [0.15, 0.2) is 0 Å². The summed E-state index contributed by atoms with van der Waals surface area (Å²) >= 11 is 0. The second-order valence-electron chi connectivity index (χ2n) is 10.9. The van der Waals surface area contributed by atoms with E-state index in [2.05, 4.69) is 21.7 Å². The number of nitrogens with one attached hydrogen (secondary N) is 3. The lowest BCUT2D eigenvalue weighted by molar-refractivity contribution is -0.133. The molecule has 3 N–H and O–H groups in total. The summed E-state index contributed by atoms with van der Waals surface area (Å²) in [6.07, 6.45) is 1.82. The van der Waals surface area contributed by atoms with Crippen LogP contribution in [0.4, 0.5) is 0 Å². The molecule has 4 atom stereocenters. The van der Waals surface area contributed by atoms with Crippen molar-refractivity contribution in [3.63, 3.8) is 0 Å². The molecule has 40 heavy (non-hydrogen) atoms. The van der Waals surface area contributed by atoms with E-state index < -0.39 is 12.1 Å². The number of carbonyl (C=O) groups excluding carboxylic acids is 3. The number of benzene rings is 3. The Hall–Kier alpha value is -4.39. The van der Waals surface area contributed by atoms with Crippen molar-refractivity contribution < 1.29 is 14.4 Å². The molecule has 6 rings (SSSR count). The molecular weight excluding hydrogens is 500 g/mol. The number of nitrogens with zero attached hydrogens (tertiary/aromatic N) is 1. The lowest BCUT2D eigenvalue weighted by Crippen LogP contribution is -2.58. The summed E-state index contributed by atoms with van der Waals surface area (Å²) in [4.78, 5) is 46.3. The standard InChI is InChI=1S/C33H34N4O3/c1-3-20(2)28(32(39)34-18-17-21-11-5-4-6-12-21)36-31(38)27-19-25-22-13-9-10-16-26(22)35-29(25)30-23-14-7-8-15-24(23)33(40)37(27)30/h4-16,20,27-28,30,35H,3,17-19H2,1-2H3,(H,34,39)(H,36,38).